The van der Waals surface area contributed by atoms with Crippen LogP contribution in [0.25, 0.3) is 0 Å². The summed E-state index contributed by atoms with van der Waals surface area (Å²) in [4.78, 5) is 17.6. The lowest BCUT2D eigenvalue weighted by Gasteiger charge is -2.52. The standard InChI is InChI=1S/C25H33ClN2O3/c1-16-5-3-6-17-13-21-22(23(29)25(16,17)2)20(24(30)31-21)15-27-9-11-28(12-10-27)19-8-4-7-18(26)14-19/h4,6-8,14,16,20-23,29H,3,5,9-13,15H2,1-2H3/t16-,20?,21-,22-,23+,25-/m1/s1. The molecule has 168 valence electrons. The largest absolute Gasteiger partial charge is 0.461 e. The van der Waals surface area contributed by atoms with Gasteiger partial charge in [-0.1, -0.05) is 43.2 Å². The lowest BCUT2D eigenvalue weighted by molar-refractivity contribution is -0.145. The summed E-state index contributed by atoms with van der Waals surface area (Å²) in [7, 11) is 0. The summed E-state index contributed by atoms with van der Waals surface area (Å²) < 4.78 is 5.83. The summed E-state index contributed by atoms with van der Waals surface area (Å²) in [5.41, 5.74) is 2.20. The summed E-state index contributed by atoms with van der Waals surface area (Å²) in [5, 5.41) is 12.3. The molecule has 0 bridgehead atoms. The second-order valence-electron chi connectivity index (χ2n) is 10.1. The van der Waals surface area contributed by atoms with Crippen molar-refractivity contribution in [3.05, 3.63) is 40.9 Å². The van der Waals surface area contributed by atoms with Crippen molar-refractivity contribution < 1.29 is 14.6 Å². The molecule has 0 amide bonds. The third kappa shape index (κ3) is 3.59. The number of hydrogen-bond donors (Lipinski definition) is 1. The predicted octanol–water partition coefficient (Wildman–Crippen LogP) is 3.75. The Morgan fingerprint density at radius 1 is 1.26 bits per heavy atom. The molecule has 2 aliphatic carbocycles. The zero-order valence-electron chi connectivity index (χ0n) is 18.5. The van der Waals surface area contributed by atoms with E-state index in [4.69, 9.17) is 16.3 Å². The molecule has 2 saturated heterocycles. The quantitative estimate of drug-likeness (QED) is 0.568. The van der Waals surface area contributed by atoms with Crippen LogP contribution in [0.1, 0.15) is 33.1 Å². The summed E-state index contributed by atoms with van der Waals surface area (Å²) >= 11 is 6.15. The fourth-order valence-corrected chi connectivity index (χ4v) is 6.60. The molecule has 2 aliphatic heterocycles. The van der Waals surface area contributed by atoms with E-state index in [0.717, 1.165) is 56.2 Å². The molecule has 1 N–H and O–H groups in total. The lowest BCUT2D eigenvalue weighted by Crippen LogP contribution is -2.55. The summed E-state index contributed by atoms with van der Waals surface area (Å²) in [5.74, 6) is -0.0609. The van der Waals surface area contributed by atoms with E-state index in [1.54, 1.807) is 0 Å². The summed E-state index contributed by atoms with van der Waals surface area (Å²) in [6.07, 6.45) is 4.52. The number of hydrogen-bond acceptors (Lipinski definition) is 5. The topological polar surface area (TPSA) is 53.0 Å². The number of benzene rings is 1. The van der Waals surface area contributed by atoms with Crippen LogP contribution in [0.3, 0.4) is 0 Å². The second-order valence-corrected chi connectivity index (χ2v) is 10.5. The van der Waals surface area contributed by atoms with Gasteiger partial charge in [0.2, 0.25) is 0 Å². The molecule has 2 heterocycles. The number of carbonyl (C=O) groups is 1. The molecule has 0 radical (unpaired) electrons. The second kappa shape index (κ2) is 8.09. The molecular weight excluding hydrogens is 412 g/mol. The van der Waals surface area contributed by atoms with Crippen LogP contribution in [0, 0.1) is 23.2 Å². The van der Waals surface area contributed by atoms with E-state index in [1.165, 1.54) is 5.57 Å². The number of aliphatic hydroxyl groups is 1. The monoisotopic (exact) mass is 444 g/mol. The Balaban J connectivity index is 1.28. The Bertz CT molecular complexity index is 881. The van der Waals surface area contributed by atoms with Crippen molar-refractivity contribution in [2.24, 2.45) is 23.2 Å². The van der Waals surface area contributed by atoms with Crippen LogP contribution in [0.15, 0.2) is 35.9 Å². The Morgan fingerprint density at radius 2 is 2.03 bits per heavy atom. The van der Waals surface area contributed by atoms with Crippen molar-refractivity contribution in [2.75, 3.05) is 37.6 Å². The maximum absolute atomic E-state index is 12.9. The highest BCUT2D eigenvalue weighted by Crippen LogP contribution is 2.56. The van der Waals surface area contributed by atoms with Crippen LogP contribution < -0.4 is 4.90 Å². The molecule has 6 heteroatoms. The zero-order chi connectivity index (χ0) is 21.8. The van der Waals surface area contributed by atoms with E-state index in [-0.39, 0.29) is 29.3 Å². The SMILES string of the molecule is C[C@@H]1CCC=C2C[C@H]3OC(=O)C(CN4CCN(c5cccc(Cl)c5)CC4)[C@H]3[C@H](O)[C@@]21C. The van der Waals surface area contributed by atoms with Crippen molar-refractivity contribution >= 4 is 23.3 Å². The molecule has 0 spiro atoms. The van der Waals surface area contributed by atoms with Crippen LogP contribution in [-0.4, -0.2) is 60.9 Å². The van der Waals surface area contributed by atoms with E-state index < -0.39 is 6.10 Å². The molecule has 1 aromatic rings. The third-order valence-corrected chi connectivity index (χ3v) is 8.81. The predicted molar refractivity (Wildman–Crippen MR) is 122 cm³/mol. The van der Waals surface area contributed by atoms with Gasteiger partial charge in [-0.2, -0.15) is 0 Å². The van der Waals surface area contributed by atoms with Gasteiger partial charge in [0.15, 0.2) is 0 Å². The number of nitrogens with zero attached hydrogens (tertiary/aromatic N) is 2. The van der Waals surface area contributed by atoms with Gasteiger partial charge in [0, 0.05) is 61.2 Å². The van der Waals surface area contributed by atoms with E-state index in [1.807, 2.05) is 18.2 Å². The van der Waals surface area contributed by atoms with E-state index >= 15 is 0 Å². The average Bonchev–Trinajstić information content (AvgIpc) is 3.06. The smallest absolute Gasteiger partial charge is 0.311 e. The van der Waals surface area contributed by atoms with Crippen LogP contribution in [0.5, 0.6) is 0 Å². The number of carbonyl (C=O) groups excluding carboxylic acids is 1. The van der Waals surface area contributed by atoms with Gasteiger partial charge in [0.1, 0.15) is 6.10 Å². The Morgan fingerprint density at radius 3 is 2.77 bits per heavy atom. The number of anilines is 1. The highest BCUT2D eigenvalue weighted by Gasteiger charge is 2.59. The van der Waals surface area contributed by atoms with Gasteiger partial charge >= 0.3 is 5.97 Å². The molecule has 4 aliphatic rings. The Kier molecular flexibility index (Phi) is 5.56. The van der Waals surface area contributed by atoms with Gasteiger partial charge in [-0.05, 0) is 37.0 Å². The van der Waals surface area contributed by atoms with Gasteiger partial charge < -0.3 is 14.7 Å². The minimum Gasteiger partial charge on any atom is -0.461 e. The fourth-order valence-electron chi connectivity index (χ4n) is 6.41. The van der Waals surface area contributed by atoms with Crippen LogP contribution in [-0.2, 0) is 9.53 Å². The minimum atomic E-state index is -0.531. The molecule has 5 nitrogen and oxygen atoms in total. The lowest BCUT2D eigenvalue weighted by atomic mass is 9.55. The summed E-state index contributed by atoms with van der Waals surface area (Å²) in [6, 6.07) is 7.98. The van der Waals surface area contributed by atoms with E-state index in [0.29, 0.717) is 12.5 Å². The van der Waals surface area contributed by atoms with Gasteiger partial charge in [-0.15, -0.1) is 0 Å². The van der Waals surface area contributed by atoms with Gasteiger partial charge in [0.05, 0.1) is 12.0 Å². The minimum absolute atomic E-state index is 0.110. The van der Waals surface area contributed by atoms with Crippen molar-refractivity contribution in [1.29, 1.82) is 0 Å². The molecule has 31 heavy (non-hydrogen) atoms. The molecular formula is C25H33ClN2O3. The third-order valence-electron chi connectivity index (χ3n) is 8.57. The van der Waals surface area contributed by atoms with Gasteiger partial charge in [-0.3, -0.25) is 9.69 Å². The van der Waals surface area contributed by atoms with Gasteiger partial charge in [0.25, 0.3) is 0 Å². The first-order valence-corrected chi connectivity index (χ1v) is 12.1. The van der Waals surface area contributed by atoms with E-state index in [2.05, 4.69) is 35.8 Å². The van der Waals surface area contributed by atoms with E-state index in [9.17, 15) is 9.90 Å². The number of piperazine rings is 1. The normalized spacial score (nSPS) is 38.3. The Hall–Kier alpha value is -1.56. The number of aliphatic hydroxyl groups excluding tert-OH is 1. The maximum Gasteiger partial charge on any atom is 0.311 e. The fraction of sp³-hybridized carbons (Fsp3) is 0.640. The molecule has 1 unspecified atom stereocenters. The zero-order valence-corrected chi connectivity index (χ0v) is 19.2. The number of ether oxygens (including phenoxy) is 1. The van der Waals surface area contributed by atoms with Crippen LogP contribution in [0.2, 0.25) is 5.02 Å². The van der Waals surface area contributed by atoms with Crippen LogP contribution >= 0.6 is 11.6 Å². The number of esters is 1. The van der Waals surface area contributed by atoms with Crippen LogP contribution in [0.4, 0.5) is 5.69 Å². The highest BCUT2D eigenvalue weighted by atomic mass is 35.5. The first-order chi connectivity index (χ1) is 14.9. The number of allylic oxidation sites excluding steroid dienone is 1. The number of fused-ring (bicyclic) bond motifs is 2. The molecule has 5 rings (SSSR count). The Labute approximate surface area is 190 Å². The molecule has 6 atom stereocenters. The van der Waals surface area contributed by atoms with Crippen molar-refractivity contribution in [3.8, 4) is 0 Å². The van der Waals surface area contributed by atoms with Gasteiger partial charge in [-0.25, -0.2) is 0 Å². The summed E-state index contributed by atoms with van der Waals surface area (Å²) in [6.45, 7) is 8.71. The first-order valence-electron chi connectivity index (χ1n) is 11.7. The average molecular weight is 445 g/mol. The molecule has 3 fully saturated rings. The molecule has 1 aromatic carbocycles. The first kappa shape index (κ1) is 21.3. The number of halogens is 1. The van der Waals surface area contributed by atoms with Crippen molar-refractivity contribution in [2.45, 2.75) is 45.3 Å². The van der Waals surface area contributed by atoms with Crippen molar-refractivity contribution in [1.82, 2.24) is 4.90 Å². The number of rotatable bonds is 3. The molecule has 0 aromatic heterocycles. The maximum atomic E-state index is 12.9. The molecule has 1 saturated carbocycles. The van der Waals surface area contributed by atoms with Crippen molar-refractivity contribution in [3.63, 3.8) is 0 Å². The highest BCUT2D eigenvalue weighted by molar-refractivity contribution is 6.30.